The molecule has 1 heterocycles. The molecule has 7 heteroatoms. The van der Waals surface area contributed by atoms with E-state index in [2.05, 4.69) is 4.90 Å². The van der Waals surface area contributed by atoms with Crippen molar-refractivity contribution in [2.24, 2.45) is 0 Å². The van der Waals surface area contributed by atoms with Crippen LogP contribution in [0.5, 0.6) is 5.75 Å². The average molecular weight is 342 g/mol. The summed E-state index contributed by atoms with van der Waals surface area (Å²) >= 11 is 0. The lowest BCUT2D eigenvalue weighted by atomic mass is 10.2. The highest BCUT2D eigenvalue weighted by Crippen LogP contribution is 2.24. The van der Waals surface area contributed by atoms with Crippen molar-refractivity contribution in [2.45, 2.75) is 18.2 Å². The fourth-order valence-corrected chi connectivity index (χ4v) is 4.29. The Bertz CT molecular complexity index is 611. The van der Waals surface area contributed by atoms with Gasteiger partial charge in [-0.15, -0.1) is 0 Å². The molecule has 1 aromatic rings. The van der Waals surface area contributed by atoms with E-state index in [4.69, 9.17) is 9.47 Å². The molecule has 0 atom stereocenters. The summed E-state index contributed by atoms with van der Waals surface area (Å²) in [6.07, 6.45) is 0.973. The second-order valence-electron chi connectivity index (χ2n) is 5.72. The zero-order chi connectivity index (χ0) is 16.9. The van der Waals surface area contributed by atoms with Crippen molar-refractivity contribution in [3.05, 3.63) is 23.8 Å². The van der Waals surface area contributed by atoms with Crippen LogP contribution in [0.3, 0.4) is 0 Å². The third-order valence-electron chi connectivity index (χ3n) is 4.16. The smallest absolute Gasteiger partial charge is 0.243 e. The SMILES string of the molecule is COCCCN1CCN(S(=O)(=O)c2ccc(OC)c(C)c2)CC1. The van der Waals surface area contributed by atoms with Crippen LogP contribution in [0.2, 0.25) is 0 Å². The second kappa shape index (κ2) is 8.10. The van der Waals surface area contributed by atoms with Gasteiger partial charge in [0.25, 0.3) is 0 Å². The first-order valence-corrected chi connectivity index (χ1v) is 9.29. The lowest BCUT2D eigenvalue weighted by molar-refractivity contribution is 0.149. The fourth-order valence-electron chi connectivity index (χ4n) is 2.79. The number of ether oxygens (including phenoxy) is 2. The molecule has 23 heavy (non-hydrogen) atoms. The van der Waals surface area contributed by atoms with Gasteiger partial charge in [-0.2, -0.15) is 4.31 Å². The monoisotopic (exact) mass is 342 g/mol. The number of hydrogen-bond donors (Lipinski definition) is 0. The lowest BCUT2D eigenvalue weighted by Gasteiger charge is -2.34. The molecule has 1 aliphatic heterocycles. The molecule has 0 amide bonds. The van der Waals surface area contributed by atoms with E-state index >= 15 is 0 Å². The second-order valence-corrected chi connectivity index (χ2v) is 7.66. The molecule has 0 aromatic heterocycles. The third-order valence-corrected chi connectivity index (χ3v) is 6.05. The number of piperazine rings is 1. The third kappa shape index (κ3) is 4.44. The topological polar surface area (TPSA) is 59.1 Å². The highest BCUT2D eigenvalue weighted by molar-refractivity contribution is 7.89. The Morgan fingerprint density at radius 1 is 1.13 bits per heavy atom. The summed E-state index contributed by atoms with van der Waals surface area (Å²) in [6, 6.07) is 5.01. The maximum absolute atomic E-state index is 12.8. The minimum Gasteiger partial charge on any atom is -0.496 e. The molecule has 0 radical (unpaired) electrons. The Labute approximate surface area is 139 Å². The molecule has 0 unspecified atom stereocenters. The molecule has 1 saturated heterocycles. The number of methoxy groups -OCH3 is 2. The number of aryl methyl sites for hydroxylation is 1. The zero-order valence-electron chi connectivity index (χ0n) is 14.1. The Hall–Kier alpha value is -1.15. The number of nitrogens with zero attached hydrogens (tertiary/aromatic N) is 2. The van der Waals surface area contributed by atoms with Crippen LogP contribution in [0.25, 0.3) is 0 Å². The zero-order valence-corrected chi connectivity index (χ0v) is 14.9. The van der Waals surface area contributed by atoms with E-state index in [-0.39, 0.29) is 0 Å². The minimum absolute atomic E-state index is 0.337. The number of rotatable bonds is 7. The minimum atomic E-state index is -3.43. The first kappa shape index (κ1) is 18.2. The molecule has 6 nitrogen and oxygen atoms in total. The molecule has 0 aliphatic carbocycles. The van der Waals surface area contributed by atoms with Gasteiger partial charge in [0.05, 0.1) is 12.0 Å². The summed E-state index contributed by atoms with van der Waals surface area (Å²) in [6.45, 7) is 6.12. The predicted octanol–water partition coefficient (Wildman–Crippen LogP) is 1.35. The quantitative estimate of drug-likeness (QED) is 0.700. The van der Waals surface area contributed by atoms with Crippen LogP contribution >= 0.6 is 0 Å². The lowest BCUT2D eigenvalue weighted by Crippen LogP contribution is -2.48. The van der Waals surface area contributed by atoms with Crippen LogP contribution in [0.1, 0.15) is 12.0 Å². The molecular formula is C16H26N2O4S. The van der Waals surface area contributed by atoms with Crippen LogP contribution in [-0.2, 0) is 14.8 Å². The normalized spacial score (nSPS) is 17.3. The van der Waals surface area contributed by atoms with Crippen molar-refractivity contribution in [1.29, 1.82) is 0 Å². The Morgan fingerprint density at radius 3 is 2.39 bits per heavy atom. The maximum atomic E-state index is 12.8. The van der Waals surface area contributed by atoms with Crippen LogP contribution in [0, 0.1) is 6.92 Å². The number of hydrogen-bond acceptors (Lipinski definition) is 5. The van der Waals surface area contributed by atoms with Gasteiger partial charge in [0.1, 0.15) is 5.75 Å². The van der Waals surface area contributed by atoms with E-state index in [0.29, 0.717) is 23.7 Å². The molecule has 1 aromatic carbocycles. The summed E-state index contributed by atoms with van der Waals surface area (Å²) in [4.78, 5) is 2.62. The summed E-state index contributed by atoms with van der Waals surface area (Å²) < 4.78 is 37.3. The van der Waals surface area contributed by atoms with Gasteiger partial charge in [-0.1, -0.05) is 0 Å². The summed E-state index contributed by atoms with van der Waals surface area (Å²) in [5, 5.41) is 0. The van der Waals surface area contributed by atoms with E-state index in [1.165, 1.54) is 0 Å². The molecule has 0 spiro atoms. The maximum Gasteiger partial charge on any atom is 0.243 e. The van der Waals surface area contributed by atoms with Gasteiger partial charge >= 0.3 is 0 Å². The summed E-state index contributed by atoms with van der Waals surface area (Å²) in [7, 11) is -0.153. The van der Waals surface area contributed by atoms with Crippen LogP contribution < -0.4 is 4.74 Å². The number of sulfonamides is 1. The van der Waals surface area contributed by atoms with Gasteiger partial charge in [-0.3, -0.25) is 0 Å². The molecule has 1 aliphatic rings. The summed E-state index contributed by atoms with van der Waals surface area (Å²) in [5.74, 6) is 0.701. The van der Waals surface area contributed by atoms with Crippen molar-refractivity contribution in [1.82, 2.24) is 9.21 Å². The Morgan fingerprint density at radius 2 is 1.83 bits per heavy atom. The van der Waals surface area contributed by atoms with E-state index < -0.39 is 10.0 Å². The Balaban J connectivity index is 2.00. The highest BCUT2D eigenvalue weighted by atomic mass is 32.2. The number of benzene rings is 1. The molecule has 0 saturated carbocycles. The van der Waals surface area contributed by atoms with E-state index in [9.17, 15) is 8.42 Å². The molecule has 1 fully saturated rings. The van der Waals surface area contributed by atoms with Crippen molar-refractivity contribution in [2.75, 3.05) is 53.6 Å². The van der Waals surface area contributed by atoms with Crippen LogP contribution in [-0.4, -0.2) is 71.2 Å². The van der Waals surface area contributed by atoms with Gasteiger partial charge < -0.3 is 14.4 Å². The largest absolute Gasteiger partial charge is 0.496 e. The van der Waals surface area contributed by atoms with E-state index in [0.717, 1.165) is 38.2 Å². The van der Waals surface area contributed by atoms with Gasteiger partial charge in [-0.25, -0.2) is 8.42 Å². The average Bonchev–Trinajstić information content (AvgIpc) is 2.55. The Kier molecular flexibility index (Phi) is 6.41. The summed E-state index contributed by atoms with van der Waals surface area (Å²) in [5.41, 5.74) is 0.826. The standard InChI is InChI=1S/C16H26N2O4S/c1-14-13-15(5-6-16(14)22-3)23(19,20)18-10-8-17(9-11-18)7-4-12-21-2/h5-6,13H,4,7-12H2,1-3H3. The first-order chi connectivity index (χ1) is 11.0. The molecule has 2 rings (SSSR count). The molecule has 0 bridgehead atoms. The van der Waals surface area contributed by atoms with Crippen LogP contribution in [0.15, 0.2) is 23.1 Å². The first-order valence-electron chi connectivity index (χ1n) is 7.85. The van der Waals surface area contributed by atoms with Crippen molar-refractivity contribution in [3.8, 4) is 5.75 Å². The molecular weight excluding hydrogens is 316 g/mol. The van der Waals surface area contributed by atoms with Gasteiger partial charge in [0.2, 0.25) is 10.0 Å². The van der Waals surface area contributed by atoms with Gasteiger partial charge in [0.15, 0.2) is 0 Å². The van der Waals surface area contributed by atoms with Crippen molar-refractivity contribution < 1.29 is 17.9 Å². The van der Waals surface area contributed by atoms with Crippen molar-refractivity contribution >= 4 is 10.0 Å². The highest BCUT2D eigenvalue weighted by Gasteiger charge is 2.28. The van der Waals surface area contributed by atoms with Crippen molar-refractivity contribution in [3.63, 3.8) is 0 Å². The van der Waals surface area contributed by atoms with Gasteiger partial charge in [-0.05, 0) is 37.1 Å². The fraction of sp³-hybridized carbons (Fsp3) is 0.625. The van der Waals surface area contributed by atoms with E-state index in [1.807, 2.05) is 6.92 Å². The molecule has 0 N–H and O–H groups in total. The molecule has 130 valence electrons. The predicted molar refractivity (Wildman–Crippen MR) is 89.4 cm³/mol. The van der Waals surface area contributed by atoms with E-state index in [1.54, 1.807) is 36.7 Å². The van der Waals surface area contributed by atoms with Gasteiger partial charge in [0, 0.05) is 46.4 Å². The van der Waals surface area contributed by atoms with Crippen LogP contribution in [0.4, 0.5) is 0 Å².